The highest BCUT2D eigenvalue weighted by Crippen LogP contribution is 2.26. The number of halogens is 1. The quantitative estimate of drug-likeness (QED) is 0.522. The van der Waals surface area contributed by atoms with Gasteiger partial charge in [0.1, 0.15) is 0 Å². The zero-order valence-corrected chi connectivity index (χ0v) is 7.46. The number of rotatable bonds is 3. The molecule has 0 bridgehead atoms. The van der Waals surface area contributed by atoms with Gasteiger partial charge in [-0.15, -0.1) is 0 Å². The summed E-state index contributed by atoms with van der Waals surface area (Å²) in [7, 11) is 0. The van der Waals surface area contributed by atoms with E-state index in [1.165, 1.54) is 11.8 Å². The van der Waals surface area contributed by atoms with Crippen molar-refractivity contribution in [1.82, 2.24) is 0 Å². The van der Waals surface area contributed by atoms with Crippen LogP contribution in [0.2, 0.25) is 0 Å². The van der Waals surface area contributed by atoms with Gasteiger partial charge in [-0.3, -0.25) is 4.79 Å². The maximum atomic E-state index is 10.1. The van der Waals surface area contributed by atoms with Crippen LogP contribution in [-0.2, 0) is 4.79 Å². The van der Waals surface area contributed by atoms with Crippen LogP contribution in [-0.4, -0.2) is 6.29 Å². The molecule has 0 atom stereocenters. The van der Waals surface area contributed by atoms with Crippen molar-refractivity contribution < 1.29 is 4.79 Å². The predicted molar refractivity (Wildman–Crippen MR) is 45.5 cm³/mol. The highest BCUT2D eigenvalue weighted by atomic mass is 79.9. The molecular formula is C6H7BrOS. The molecule has 0 radical (unpaired) electrons. The Morgan fingerprint density at radius 1 is 1.78 bits per heavy atom. The van der Waals surface area contributed by atoms with Gasteiger partial charge in [0.25, 0.3) is 0 Å². The van der Waals surface area contributed by atoms with E-state index in [4.69, 9.17) is 0 Å². The Labute approximate surface area is 67.3 Å². The van der Waals surface area contributed by atoms with Gasteiger partial charge >= 0.3 is 0 Å². The fourth-order valence-electron chi connectivity index (χ4n) is 0.279. The van der Waals surface area contributed by atoms with Crippen LogP contribution < -0.4 is 0 Å². The Bertz CT molecular complexity index is 151. The van der Waals surface area contributed by atoms with Gasteiger partial charge < -0.3 is 0 Å². The molecule has 0 spiro atoms. The molecule has 50 valence electrons. The van der Waals surface area contributed by atoms with Gasteiger partial charge in [-0.2, -0.15) is 0 Å². The van der Waals surface area contributed by atoms with Crippen molar-refractivity contribution in [3.63, 3.8) is 0 Å². The van der Waals surface area contributed by atoms with E-state index in [9.17, 15) is 4.79 Å². The lowest BCUT2D eigenvalue weighted by Crippen LogP contribution is -1.73. The summed E-state index contributed by atoms with van der Waals surface area (Å²) in [6.45, 7) is 5.38. The summed E-state index contributed by atoms with van der Waals surface area (Å²) in [4.78, 5) is 10.8. The van der Waals surface area contributed by atoms with Crippen LogP contribution in [0.4, 0.5) is 0 Å². The van der Waals surface area contributed by atoms with Crippen molar-refractivity contribution in [2.75, 3.05) is 0 Å². The number of thioether (sulfide) groups is 1. The lowest BCUT2D eigenvalue weighted by Gasteiger charge is -1.92. The van der Waals surface area contributed by atoms with Gasteiger partial charge in [-0.05, 0) is 22.9 Å². The van der Waals surface area contributed by atoms with Crippen LogP contribution in [0.15, 0.2) is 21.4 Å². The smallest absolute Gasteiger partial charge is 0.156 e. The molecule has 0 aromatic carbocycles. The van der Waals surface area contributed by atoms with E-state index in [0.717, 1.165) is 10.1 Å². The van der Waals surface area contributed by atoms with Crippen LogP contribution in [0.5, 0.6) is 0 Å². The summed E-state index contributed by atoms with van der Waals surface area (Å²) in [5.41, 5.74) is 0. The third-order valence-corrected chi connectivity index (χ3v) is 1.90. The van der Waals surface area contributed by atoms with E-state index in [1.807, 2.05) is 6.92 Å². The van der Waals surface area contributed by atoms with E-state index in [2.05, 4.69) is 22.5 Å². The minimum atomic E-state index is 0.678. The highest BCUT2D eigenvalue weighted by Gasteiger charge is 1.93. The number of aldehydes is 1. The molecular weight excluding hydrogens is 200 g/mol. The zero-order chi connectivity index (χ0) is 7.28. The van der Waals surface area contributed by atoms with Gasteiger partial charge in [-0.1, -0.05) is 24.4 Å². The van der Waals surface area contributed by atoms with Crippen molar-refractivity contribution in [1.29, 1.82) is 0 Å². The van der Waals surface area contributed by atoms with Crippen LogP contribution in [0.25, 0.3) is 0 Å². The van der Waals surface area contributed by atoms with Gasteiger partial charge in [0, 0.05) is 8.72 Å². The number of carbonyl (C=O) groups excluding carboxylic acids is 1. The average molecular weight is 207 g/mol. The molecule has 0 aromatic rings. The standard InChI is InChI=1S/C6H7BrOS/c1-3-6(4-8)9-5(2)7/h3-4H,2H2,1H3/b6-3-. The second-order valence-electron chi connectivity index (χ2n) is 1.27. The topological polar surface area (TPSA) is 17.1 Å². The Balaban J connectivity index is 3.86. The monoisotopic (exact) mass is 206 g/mol. The third kappa shape index (κ3) is 4.48. The first kappa shape index (κ1) is 8.98. The molecule has 0 aliphatic rings. The molecule has 9 heavy (non-hydrogen) atoms. The summed E-state index contributed by atoms with van der Waals surface area (Å²) >= 11 is 4.44. The molecule has 1 nitrogen and oxygen atoms in total. The van der Waals surface area contributed by atoms with Crippen molar-refractivity contribution in [3.8, 4) is 0 Å². The van der Waals surface area contributed by atoms with Gasteiger partial charge in [0.05, 0.1) is 0 Å². The number of hydrogen-bond donors (Lipinski definition) is 0. The summed E-state index contributed by atoms with van der Waals surface area (Å²) < 4.78 is 0.753. The molecule has 0 N–H and O–H groups in total. The van der Waals surface area contributed by atoms with Crippen molar-refractivity contribution in [3.05, 3.63) is 21.4 Å². The van der Waals surface area contributed by atoms with Crippen LogP contribution in [0.1, 0.15) is 6.92 Å². The Kier molecular flexibility index (Phi) is 4.81. The SMILES string of the molecule is C=C(Br)S/C(C=O)=C\C. The normalized spacial score (nSPS) is 11.1. The molecule has 0 aliphatic carbocycles. The van der Waals surface area contributed by atoms with Crippen molar-refractivity contribution >= 4 is 34.0 Å². The highest BCUT2D eigenvalue weighted by molar-refractivity contribution is 9.14. The molecule has 0 saturated heterocycles. The van der Waals surface area contributed by atoms with E-state index in [1.54, 1.807) is 6.08 Å². The molecule has 0 fully saturated rings. The second kappa shape index (κ2) is 4.82. The van der Waals surface area contributed by atoms with Crippen molar-refractivity contribution in [2.24, 2.45) is 0 Å². The molecule has 0 aliphatic heterocycles. The summed E-state index contributed by atoms with van der Waals surface area (Å²) in [5, 5.41) is 0. The lowest BCUT2D eigenvalue weighted by atomic mass is 10.6. The molecule has 0 saturated carbocycles. The Morgan fingerprint density at radius 2 is 2.33 bits per heavy atom. The van der Waals surface area contributed by atoms with Crippen LogP contribution >= 0.6 is 27.7 Å². The number of allylic oxidation sites excluding steroid dienone is 2. The predicted octanol–water partition coefficient (Wildman–Crippen LogP) is 2.69. The Hall–Kier alpha value is -0.0200. The molecule has 0 aromatic heterocycles. The summed E-state index contributed by atoms with van der Waals surface area (Å²) in [6.07, 6.45) is 2.54. The van der Waals surface area contributed by atoms with Crippen molar-refractivity contribution in [2.45, 2.75) is 6.92 Å². The molecule has 3 heteroatoms. The van der Waals surface area contributed by atoms with E-state index >= 15 is 0 Å². The second-order valence-corrected chi connectivity index (χ2v) is 3.92. The van der Waals surface area contributed by atoms with E-state index in [0.29, 0.717) is 4.91 Å². The fraction of sp³-hybridized carbons (Fsp3) is 0.167. The molecule has 0 unspecified atom stereocenters. The molecule has 0 amide bonds. The van der Waals surface area contributed by atoms with Crippen LogP contribution in [0.3, 0.4) is 0 Å². The zero-order valence-electron chi connectivity index (χ0n) is 5.06. The minimum absolute atomic E-state index is 0.678. The first-order valence-corrected chi connectivity index (χ1v) is 3.95. The molecule has 0 heterocycles. The summed E-state index contributed by atoms with van der Waals surface area (Å²) in [6, 6.07) is 0. The Morgan fingerprint density at radius 3 is 2.44 bits per heavy atom. The van der Waals surface area contributed by atoms with Crippen LogP contribution in [0, 0.1) is 0 Å². The van der Waals surface area contributed by atoms with Gasteiger partial charge in [0.15, 0.2) is 6.29 Å². The number of hydrogen-bond acceptors (Lipinski definition) is 2. The maximum Gasteiger partial charge on any atom is 0.156 e. The maximum absolute atomic E-state index is 10.1. The first-order valence-electron chi connectivity index (χ1n) is 2.34. The lowest BCUT2D eigenvalue weighted by molar-refractivity contribution is -0.104. The third-order valence-electron chi connectivity index (χ3n) is 0.629. The number of carbonyl (C=O) groups is 1. The van der Waals surface area contributed by atoms with E-state index in [-0.39, 0.29) is 0 Å². The first-order chi connectivity index (χ1) is 4.20. The molecule has 0 rings (SSSR count). The van der Waals surface area contributed by atoms with Gasteiger partial charge in [-0.25, -0.2) is 0 Å². The largest absolute Gasteiger partial charge is 0.297 e. The fourth-order valence-corrected chi connectivity index (χ4v) is 1.26. The summed E-state index contributed by atoms with van der Waals surface area (Å²) in [5.74, 6) is 0. The minimum Gasteiger partial charge on any atom is -0.297 e. The average Bonchev–Trinajstić information content (AvgIpc) is 1.82. The van der Waals surface area contributed by atoms with E-state index < -0.39 is 0 Å². The van der Waals surface area contributed by atoms with Gasteiger partial charge in [0.2, 0.25) is 0 Å².